The molecular formula is C20H24N2O6S. The van der Waals surface area contributed by atoms with E-state index in [1.54, 1.807) is 20.8 Å². The van der Waals surface area contributed by atoms with Gasteiger partial charge in [0.2, 0.25) is 0 Å². The Labute approximate surface area is 170 Å². The lowest BCUT2D eigenvalue weighted by Crippen LogP contribution is -2.30. The summed E-state index contributed by atoms with van der Waals surface area (Å²) in [6.45, 7) is 5.54. The molecule has 2 aromatic rings. The first-order chi connectivity index (χ1) is 13.7. The van der Waals surface area contributed by atoms with Crippen LogP contribution in [-0.4, -0.2) is 40.1 Å². The Morgan fingerprint density at radius 3 is 2.28 bits per heavy atom. The molecule has 0 aliphatic heterocycles. The molecule has 0 radical (unpaired) electrons. The topological polar surface area (TPSA) is 111 Å². The summed E-state index contributed by atoms with van der Waals surface area (Å²) >= 11 is 0. The Kier molecular flexibility index (Phi) is 7.22. The van der Waals surface area contributed by atoms with Gasteiger partial charge in [0.1, 0.15) is 5.75 Å². The normalized spacial score (nSPS) is 11.1. The second-order valence-electron chi connectivity index (χ2n) is 6.39. The number of sulfonamides is 1. The lowest BCUT2D eigenvalue weighted by molar-refractivity contribution is 0.0526. The number of amides is 1. The summed E-state index contributed by atoms with van der Waals surface area (Å²) in [6.07, 6.45) is 0. The predicted molar refractivity (Wildman–Crippen MR) is 109 cm³/mol. The van der Waals surface area contributed by atoms with E-state index in [1.165, 1.54) is 49.6 Å². The molecule has 0 unspecified atom stereocenters. The summed E-state index contributed by atoms with van der Waals surface area (Å²) in [5.41, 5.74) is 0.690. The van der Waals surface area contributed by atoms with E-state index in [2.05, 4.69) is 10.0 Å². The minimum atomic E-state index is -3.97. The van der Waals surface area contributed by atoms with Gasteiger partial charge in [0.25, 0.3) is 15.9 Å². The molecular weight excluding hydrogens is 396 g/mol. The SMILES string of the molecule is CCOC(=O)c1ccc(NS(=O)(=O)c2ccc(OC)c(C(=O)NC(C)C)c2)cc1. The molecule has 0 atom stereocenters. The van der Waals surface area contributed by atoms with Crippen LogP contribution in [0.2, 0.25) is 0 Å². The number of anilines is 1. The molecule has 9 heteroatoms. The van der Waals surface area contributed by atoms with Gasteiger partial charge in [-0.1, -0.05) is 0 Å². The molecule has 0 saturated carbocycles. The lowest BCUT2D eigenvalue weighted by atomic mass is 10.2. The quantitative estimate of drug-likeness (QED) is 0.636. The van der Waals surface area contributed by atoms with E-state index in [-0.39, 0.29) is 34.5 Å². The summed E-state index contributed by atoms with van der Waals surface area (Å²) < 4.78 is 38.0. The van der Waals surface area contributed by atoms with Gasteiger partial charge in [-0.25, -0.2) is 13.2 Å². The van der Waals surface area contributed by atoms with Crippen LogP contribution in [0.15, 0.2) is 47.4 Å². The number of carbonyl (C=O) groups is 2. The Balaban J connectivity index is 2.29. The van der Waals surface area contributed by atoms with E-state index in [0.717, 1.165) is 0 Å². The zero-order chi connectivity index (χ0) is 21.6. The third-order valence-electron chi connectivity index (χ3n) is 3.79. The van der Waals surface area contributed by atoms with Crippen LogP contribution in [0.4, 0.5) is 5.69 Å². The Bertz CT molecular complexity index is 985. The minimum absolute atomic E-state index is 0.0957. The van der Waals surface area contributed by atoms with Crippen molar-refractivity contribution >= 4 is 27.6 Å². The van der Waals surface area contributed by atoms with Crippen LogP contribution in [-0.2, 0) is 14.8 Å². The van der Waals surface area contributed by atoms with Gasteiger partial charge in [-0.3, -0.25) is 9.52 Å². The van der Waals surface area contributed by atoms with E-state index < -0.39 is 21.9 Å². The number of hydrogen-bond donors (Lipinski definition) is 2. The molecule has 0 spiro atoms. The van der Waals surface area contributed by atoms with E-state index in [4.69, 9.17) is 9.47 Å². The number of rotatable bonds is 8. The highest BCUT2D eigenvalue weighted by Gasteiger charge is 2.20. The van der Waals surface area contributed by atoms with E-state index in [0.29, 0.717) is 5.56 Å². The number of hydrogen-bond acceptors (Lipinski definition) is 6. The Morgan fingerprint density at radius 1 is 1.07 bits per heavy atom. The molecule has 0 bridgehead atoms. The lowest BCUT2D eigenvalue weighted by Gasteiger charge is -2.14. The second kappa shape index (κ2) is 9.42. The van der Waals surface area contributed by atoms with Crippen LogP contribution < -0.4 is 14.8 Å². The van der Waals surface area contributed by atoms with Crippen LogP contribution in [0.25, 0.3) is 0 Å². The van der Waals surface area contributed by atoms with Gasteiger partial charge in [0, 0.05) is 11.7 Å². The fraction of sp³-hybridized carbons (Fsp3) is 0.300. The molecule has 0 heterocycles. The maximum absolute atomic E-state index is 12.7. The van der Waals surface area contributed by atoms with Gasteiger partial charge >= 0.3 is 5.97 Å². The van der Waals surface area contributed by atoms with Crippen LogP contribution in [0.5, 0.6) is 5.75 Å². The first-order valence-electron chi connectivity index (χ1n) is 8.96. The summed E-state index contributed by atoms with van der Waals surface area (Å²) in [7, 11) is -2.57. The fourth-order valence-corrected chi connectivity index (χ4v) is 3.56. The molecule has 1 amide bonds. The average Bonchev–Trinajstić information content (AvgIpc) is 2.67. The third-order valence-corrected chi connectivity index (χ3v) is 5.17. The van der Waals surface area contributed by atoms with Gasteiger partial charge < -0.3 is 14.8 Å². The monoisotopic (exact) mass is 420 g/mol. The van der Waals surface area contributed by atoms with Crippen molar-refractivity contribution in [1.82, 2.24) is 5.32 Å². The molecule has 0 aromatic heterocycles. The van der Waals surface area contributed by atoms with Crippen molar-refractivity contribution in [2.24, 2.45) is 0 Å². The number of benzene rings is 2. The van der Waals surface area contributed by atoms with Gasteiger partial charge in [-0.15, -0.1) is 0 Å². The van der Waals surface area contributed by atoms with Gasteiger partial charge in [0.05, 0.1) is 29.7 Å². The van der Waals surface area contributed by atoms with Gasteiger partial charge in [-0.05, 0) is 63.2 Å². The molecule has 2 N–H and O–H groups in total. The van der Waals surface area contributed by atoms with E-state index in [9.17, 15) is 18.0 Å². The molecule has 156 valence electrons. The summed E-state index contributed by atoms with van der Waals surface area (Å²) in [6, 6.07) is 9.75. The van der Waals surface area contributed by atoms with E-state index >= 15 is 0 Å². The van der Waals surface area contributed by atoms with Crippen molar-refractivity contribution in [1.29, 1.82) is 0 Å². The molecule has 0 saturated heterocycles. The smallest absolute Gasteiger partial charge is 0.338 e. The van der Waals surface area contributed by atoms with Crippen molar-refractivity contribution in [3.63, 3.8) is 0 Å². The number of nitrogens with one attached hydrogen (secondary N) is 2. The summed E-state index contributed by atoms with van der Waals surface area (Å²) in [5, 5.41) is 2.71. The van der Waals surface area contributed by atoms with Gasteiger partial charge in [-0.2, -0.15) is 0 Å². The van der Waals surface area contributed by atoms with Crippen molar-refractivity contribution in [3.05, 3.63) is 53.6 Å². The van der Waals surface area contributed by atoms with Crippen molar-refractivity contribution in [2.45, 2.75) is 31.7 Å². The average molecular weight is 420 g/mol. The summed E-state index contributed by atoms with van der Waals surface area (Å²) in [5.74, 6) is -0.661. The van der Waals surface area contributed by atoms with Crippen molar-refractivity contribution < 1.29 is 27.5 Å². The third kappa shape index (κ3) is 5.71. The molecule has 2 rings (SSSR count). The Morgan fingerprint density at radius 2 is 1.72 bits per heavy atom. The van der Waals surface area contributed by atoms with Crippen LogP contribution >= 0.6 is 0 Å². The molecule has 8 nitrogen and oxygen atoms in total. The fourth-order valence-electron chi connectivity index (χ4n) is 2.47. The maximum atomic E-state index is 12.7. The predicted octanol–water partition coefficient (Wildman–Crippen LogP) is 2.81. The van der Waals surface area contributed by atoms with Crippen LogP contribution in [0, 0.1) is 0 Å². The number of esters is 1. The number of methoxy groups -OCH3 is 1. The number of ether oxygens (including phenoxy) is 2. The molecule has 0 fully saturated rings. The molecule has 0 aliphatic rings. The maximum Gasteiger partial charge on any atom is 0.338 e. The van der Waals surface area contributed by atoms with Crippen LogP contribution in [0.1, 0.15) is 41.5 Å². The highest BCUT2D eigenvalue weighted by molar-refractivity contribution is 7.92. The largest absolute Gasteiger partial charge is 0.496 e. The first-order valence-corrected chi connectivity index (χ1v) is 10.4. The zero-order valence-electron chi connectivity index (χ0n) is 16.7. The molecule has 2 aromatic carbocycles. The second-order valence-corrected chi connectivity index (χ2v) is 8.08. The zero-order valence-corrected chi connectivity index (χ0v) is 17.5. The molecule has 29 heavy (non-hydrogen) atoms. The highest BCUT2D eigenvalue weighted by atomic mass is 32.2. The molecule has 0 aliphatic carbocycles. The minimum Gasteiger partial charge on any atom is -0.496 e. The van der Waals surface area contributed by atoms with Crippen molar-refractivity contribution in [2.75, 3.05) is 18.4 Å². The number of carbonyl (C=O) groups excluding carboxylic acids is 2. The van der Waals surface area contributed by atoms with Crippen LogP contribution in [0.3, 0.4) is 0 Å². The van der Waals surface area contributed by atoms with E-state index in [1.807, 2.05) is 0 Å². The van der Waals surface area contributed by atoms with Gasteiger partial charge in [0.15, 0.2) is 0 Å². The highest BCUT2D eigenvalue weighted by Crippen LogP contribution is 2.24. The summed E-state index contributed by atoms with van der Waals surface area (Å²) in [4.78, 5) is 24.0. The first kappa shape index (κ1) is 22.2. The standard InChI is InChI=1S/C20H24N2O6S/c1-5-28-20(24)14-6-8-15(9-7-14)22-29(25,26)16-10-11-18(27-4)17(12-16)19(23)21-13(2)3/h6-13,22H,5H2,1-4H3,(H,21,23). The Hall–Kier alpha value is -3.07. The van der Waals surface area contributed by atoms with Crippen molar-refractivity contribution in [3.8, 4) is 5.75 Å².